The summed E-state index contributed by atoms with van der Waals surface area (Å²) in [7, 11) is -0.635. The van der Waals surface area contributed by atoms with Crippen LogP contribution in [-0.4, -0.2) is 35.9 Å². The van der Waals surface area contributed by atoms with Gasteiger partial charge in [-0.05, 0) is 44.8 Å². The fourth-order valence-electron chi connectivity index (χ4n) is 2.88. The number of carbonyl (C=O) groups is 1. The molecule has 2 heterocycles. The van der Waals surface area contributed by atoms with Crippen molar-refractivity contribution >= 4 is 25.0 Å². The van der Waals surface area contributed by atoms with Crippen molar-refractivity contribution in [1.29, 1.82) is 0 Å². The number of alkyl carbamates (subject to hydrolysis) is 1. The van der Waals surface area contributed by atoms with Gasteiger partial charge in [-0.2, -0.15) is 0 Å². The van der Waals surface area contributed by atoms with E-state index in [1.54, 1.807) is 18.5 Å². The molecule has 1 aliphatic heterocycles. The van der Waals surface area contributed by atoms with Crippen LogP contribution in [0.1, 0.15) is 38.8 Å². The standard InChI is InChI=1S/C22H28BN3O4/c1-21(2)22(3,4)30-23(29-21)18(12-17-13-25-11-10-19(17)24)14-26-20(27)28-15-16-8-6-5-7-9-16/h5-13H,14-15H2,1-4H3,(H2,24,25)(H,26,27). The molecule has 1 aliphatic rings. The summed E-state index contributed by atoms with van der Waals surface area (Å²) in [6.45, 7) is 8.28. The van der Waals surface area contributed by atoms with E-state index in [0.717, 1.165) is 11.1 Å². The monoisotopic (exact) mass is 409 g/mol. The third-order valence-corrected chi connectivity index (χ3v) is 5.43. The highest BCUT2D eigenvalue weighted by Gasteiger charge is 2.52. The molecule has 1 saturated heterocycles. The van der Waals surface area contributed by atoms with Gasteiger partial charge in [-0.15, -0.1) is 0 Å². The molecule has 30 heavy (non-hydrogen) atoms. The third kappa shape index (κ3) is 5.20. The van der Waals surface area contributed by atoms with Gasteiger partial charge in [-0.1, -0.05) is 36.4 Å². The van der Waals surface area contributed by atoms with Crippen molar-refractivity contribution in [3.63, 3.8) is 0 Å². The van der Waals surface area contributed by atoms with E-state index in [1.165, 1.54) is 0 Å². The smallest absolute Gasteiger partial charge is 0.445 e. The van der Waals surface area contributed by atoms with Crippen molar-refractivity contribution in [3.8, 4) is 0 Å². The Bertz CT molecular complexity index is 900. The molecule has 1 aromatic heterocycles. The molecule has 1 aromatic carbocycles. The van der Waals surface area contributed by atoms with E-state index in [-0.39, 0.29) is 13.2 Å². The number of aromatic nitrogens is 1. The van der Waals surface area contributed by atoms with Gasteiger partial charge in [0.1, 0.15) is 6.61 Å². The molecule has 0 atom stereocenters. The molecule has 1 fully saturated rings. The third-order valence-electron chi connectivity index (χ3n) is 5.43. The molecular formula is C22H28BN3O4. The average molecular weight is 409 g/mol. The minimum absolute atomic E-state index is 0.179. The number of anilines is 1. The molecule has 158 valence electrons. The lowest BCUT2D eigenvalue weighted by Gasteiger charge is -2.32. The van der Waals surface area contributed by atoms with Crippen LogP contribution in [0.2, 0.25) is 0 Å². The molecule has 0 bridgehead atoms. The summed E-state index contributed by atoms with van der Waals surface area (Å²) in [6, 6.07) is 11.2. The number of nitrogens with zero attached hydrogens (tertiary/aromatic N) is 1. The van der Waals surface area contributed by atoms with Crippen LogP contribution in [0.3, 0.4) is 0 Å². The molecule has 1 amide bonds. The van der Waals surface area contributed by atoms with E-state index >= 15 is 0 Å². The first-order valence-corrected chi connectivity index (χ1v) is 9.88. The second-order valence-electron chi connectivity index (χ2n) is 8.23. The van der Waals surface area contributed by atoms with Crippen LogP contribution in [-0.2, 0) is 20.7 Å². The van der Waals surface area contributed by atoms with Crippen LogP contribution in [0.5, 0.6) is 0 Å². The Morgan fingerprint density at radius 1 is 1.17 bits per heavy atom. The highest BCUT2D eigenvalue weighted by atomic mass is 16.7. The topological polar surface area (TPSA) is 95.7 Å². The number of nitrogen functional groups attached to an aromatic ring is 1. The first kappa shape index (κ1) is 21.9. The zero-order chi connectivity index (χ0) is 21.8. The summed E-state index contributed by atoms with van der Waals surface area (Å²) in [5.41, 5.74) is 7.97. The van der Waals surface area contributed by atoms with Crippen LogP contribution < -0.4 is 11.1 Å². The molecule has 3 rings (SSSR count). The van der Waals surface area contributed by atoms with Gasteiger partial charge in [0.25, 0.3) is 0 Å². The van der Waals surface area contributed by atoms with Gasteiger partial charge in [0, 0.05) is 30.2 Å². The van der Waals surface area contributed by atoms with Crippen molar-refractivity contribution in [2.24, 2.45) is 0 Å². The van der Waals surface area contributed by atoms with Crippen molar-refractivity contribution in [1.82, 2.24) is 10.3 Å². The SMILES string of the molecule is CC1(C)OB(C(=Cc2cnccc2N)CNC(=O)OCc2ccccc2)OC1(C)C. The molecule has 2 aromatic rings. The maximum Gasteiger partial charge on any atom is 0.492 e. The molecule has 8 heteroatoms. The average Bonchev–Trinajstić information content (AvgIpc) is 2.92. The second-order valence-corrected chi connectivity index (χ2v) is 8.23. The highest BCUT2D eigenvalue weighted by molar-refractivity contribution is 6.56. The fraction of sp³-hybridized carbons (Fsp3) is 0.364. The molecule has 3 N–H and O–H groups in total. The first-order valence-electron chi connectivity index (χ1n) is 9.88. The van der Waals surface area contributed by atoms with Crippen LogP contribution in [0.25, 0.3) is 6.08 Å². The number of pyridine rings is 1. The molecular weight excluding hydrogens is 381 g/mol. The Morgan fingerprint density at radius 3 is 2.47 bits per heavy atom. The summed E-state index contributed by atoms with van der Waals surface area (Å²) >= 11 is 0. The highest BCUT2D eigenvalue weighted by Crippen LogP contribution is 2.38. The zero-order valence-corrected chi connectivity index (χ0v) is 17.8. The number of hydrogen-bond acceptors (Lipinski definition) is 6. The molecule has 0 radical (unpaired) electrons. The van der Waals surface area contributed by atoms with Crippen LogP contribution >= 0.6 is 0 Å². The minimum Gasteiger partial charge on any atom is -0.445 e. The number of hydrogen-bond donors (Lipinski definition) is 2. The van der Waals surface area contributed by atoms with E-state index in [9.17, 15) is 4.79 Å². The van der Waals surface area contributed by atoms with Gasteiger partial charge >= 0.3 is 13.2 Å². The molecule has 0 spiro atoms. The van der Waals surface area contributed by atoms with Gasteiger partial charge in [-0.25, -0.2) is 4.79 Å². The van der Waals surface area contributed by atoms with Crippen molar-refractivity contribution in [2.75, 3.05) is 12.3 Å². The Kier molecular flexibility index (Phi) is 6.48. The predicted molar refractivity (Wildman–Crippen MR) is 117 cm³/mol. The number of benzene rings is 1. The van der Waals surface area contributed by atoms with Crippen LogP contribution in [0, 0.1) is 0 Å². The number of amides is 1. The number of carbonyl (C=O) groups excluding carboxylic acids is 1. The number of nitrogens with two attached hydrogens (primary N) is 1. The summed E-state index contributed by atoms with van der Waals surface area (Å²) in [5.74, 6) is 0. The molecule has 0 aliphatic carbocycles. The summed E-state index contributed by atoms with van der Waals surface area (Å²) < 4.78 is 17.6. The lowest BCUT2D eigenvalue weighted by molar-refractivity contribution is 0.00578. The Labute approximate surface area is 177 Å². The predicted octanol–water partition coefficient (Wildman–Crippen LogP) is 3.61. The number of nitrogens with one attached hydrogen (secondary N) is 1. The van der Waals surface area contributed by atoms with Crippen molar-refractivity contribution in [2.45, 2.75) is 45.5 Å². The molecule has 7 nitrogen and oxygen atoms in total. The maximum atomic E-state index is 12.2. The quantitative estimate of drug-likeness (QED) is 0.708. The van der Waals surface area contributed by atoms with Gasteiger partial charge in [0.2, 0.25) is 0 Å². The summed E-state index contributed by atoms with van der Waals surface area (Å²) in [6.07, 6.45) is 4.59. The lowest BCUT2D eigenvalue weighted by Crippen LogP contribution is -2.41. The van der Waals surface area contributed by atoms with Gasteiger partial charge in [-0.3, -0.25) is 4.98 Å². The fourth-order valence-corrected chi connectivity index (χ4v) is 2.88. The van der Waals surface area contributed by atoms with Crippen molar-refractivity contribution < 1.29 is 18.8 Å². The Balaban J connectivity index is 1.72. The van der Waals surface area contributed by atoms with E-state index in [0.29, 0.717) is 11.2 Å². The maximum absolute atomic E-state index is 12.2. The van der Waals surface area contributed by atoms with Gasteiger partial charge in [0.05, 0.1) is 11.2 Å². The van der Waals surface area contributed by atoms with E-state index in [4.69, 9.17) is 19.8 Å². The van der Waals surface area contributed by atoms with Crippen LogP contribution in [0.15, 0.2) is 54.3 Å². The number of rotatable bonds is 6. The van der Waals surface area contributed by atoms with Gasteiger partial charge < -0.3 is 25.1 Å². The minimum atomic E-state index is -0.635. The number of ether oxygens (including phenoxy) is 1. The normalized spacial score (nSPS) is 17.6. The lowest BCUT2D eigenvalue weighted by atomic mass is 9.77. The Hall–Kier alpha value is -2.84. The molecule has 0 unspecified atom stereocenters. The van der Waals surface area contributed by atoms with E-state index < -0.39 is 24.4 Å². The van der Waals surface area contributed by atoms with E-state index in [2.05, 4.69) is 10.3 Å². The first-order chi connectivity index (χ1) is 14.2. The van der Waals surface area contributed by atoms with Crippen molar-refractivity contribution in [3.05, 3.63) is 65.4 Å². The van der Waals surface area contributed by atoms with E-state index in [1.807, 2.05) is 64.1 Å². The summed E-state index contributed by atoms with van der Waals surface area (Å²) in [4.78, 5) is 16.4. The zero-order valence-electron chi connectivity index (χ0n) is 17.8. The Morgan fingerprint density at radius 2 is 1.83 bits per heavy atom. The molecule has 0 saturated carbocycles. The second kappa shape index (κ2) is 8.89. The summed E-state index contributed by atoms with van der Waals surface area (Å²) in [5, 5.41) is 2.77. The van der Waals surface area contributed by atoms with Crippen LogP contribution in [0.4, 0.5) is 10.5 Å². The van der Waals surface area contributed by atoms with Gasteiger partial charge in [0.15, 0.2) is 0 Å². The largest absolute Gasteiger partial charge is 0.492 e.